The molecule has 0 saturated heterocycles. The van der Waals surface area contributed by atoms with Gasteiger partial charge in [-0.05, 0) is 25.7 Å². The van der Waals surface area contributed by atoms with Gasteiger partial charge in [-0.25, -0.2) is 0 Å². The van der Waals surface area contributed by atoms with E-state index >= 15 is 0 Å². The molecule has 0 heterocycles. The highest BCUT2D eigenvalue weighted by Crippen LogP contribution is 2.38. The molecule has 1 nitrogen and oxygen atoms in total. The molecule has 0 N–H and O–H groups in total. The third kappa shape index (κ3) is 6.79. The van der Waals surface area contributed by atoms with Crippen molar-refractivity contribution in [3.63, 3.8) is 0 Å². The minimum Gasteiger partial charge on any atom is -0.616 e. The lowest BCUT2D eigenvalue weighted by atomic mass is 10.0. The molecule has 19 heavy (non-hydrogen) atoms. The summed E-state index contributed by atoms with van der Waals surface area (Å²) in [7, 11) is 0. The maximum absolute atomic E-state index is 12.6. The van der Waals surface area contributed by atoms with Crippen molar-refractivity contribution in [3.05, 3.63) is 0 Å². The Balaban J connectivity index is 4.07. The molecule has 0 radical (unpaired) electrons. The second-order valence-electron chi connectivity index (χ2n) is 4.95. The second-order valence-corrected chi connectivity index (χ2v) is 6.92. The van der Waals surface area contributed by atoms with Crippen LogP contribution in [0.15, 0.2) is 0 Å². The smallest absolute Gasteiger partial charge is 0.453 e. The van der Waals surface area contributed by atoms with Crippen LogP contribution in [0.25, 0.3) is 0 Å². The first-order valence-electron chi connectivity index (χ1n) is 6.33. The summed E-state index contributed by atoms with van der Waals surface area (Å²) in [5, 5.41) is -0.172. The summed E-state index contributed by atoms with van der Waals surface area (Å²) < 4.78 is 72.7. The van der Waals surface area contributed by atoms with Crippen molar-refractivity contribution >= 4 is 11.2 Å². The molecular formula is C12H21F5OS. The van der Waals surface area contributed by atoms with E-state index in [0.29, 0.717) is 12.3 Å². The van der Waals surface area contributed by atoms with Gasteiger partial charge in [-0.3, -0.25) is 0 Å². The highest BCUT2D eigenvalue weighted by Gasteiger charge is 2.56. The first-order valence-corrected chi connectivity index (χ1v) is 7.71. The Morgan fingerprint density at radius 1 is 1.11 bits per heavy atom. The summed E-state index contributed by atoms with van der Waals surface area (Å²) in [6, 6.07) is 0. The van der Waals surface area contributed by atoms with Gasteiger partial charge < -0.3 is 4.55 Å². The Morgan fingerprint density at radius 2 is 1.63 bits per heavy atom. The summed E-state index contributed by atoms with van der Waals surface area (Å²) in [5.74, 6) is -4.42. The fourth-order valence-corrected chi connectivity index (χ4v) is 2.99. The van der Waals surface area contributed by atoms with Crippen LogP contribution < -0.4 is 0 Å². The van der Waals surface area contributed by atoms with Crippen LogP contribution in [-0.2, 0) is 11.2 Å². The van der Waals surface area contributed by atoms with Crippen molar-refractivity contribution in [2.75, 3.05) is 5.75 Å². The molecule has 3 atom stereocenters. The van der Waals surface area contributed by atoms with E-state index in [4.69, 9.17) is 0 Å². The van der Waals surface area contributed by atoms with Crippen LogP contribution in [0.1, 0.15) is 46.5 Å². The van der Waals surface area contributed by atoms with Gasteiger partial charge in [0.1, 0.15) is 11.0 Å². The minimum absolute atomic E-state index is 0.108. The van der Waals surface area contributed by atoms with Crippen LogP contribution in [0.3, 0.4) is 0 Å². The first-order chi connectivity index (χ1) is 8.51. The lowest BCUT2D eigenvalue weighted by Crippen LogP contribution is -2.37. The number of alkyl halides is 5. The zero-order valence-electron chi connectivity index (χ0n) is 11.4. The Labute approximate surface area is 114 Å². The highest BCUT2D eigenvalue weighted by molar-refractivity contribution is 7.91. The van der Waals surface area contributed by atoms with Crippen LogP contribution in [-0.4, -0.2) is 27.7 Å². The number of rotatable bonds is 8. The predicted octanol–water partition coefficient (Wildman–Crippen LogP) is 4.54. The molecule has 0 aromatic heterocycles. The zero-order valence-corrected chi connectivity index (χ0v) is 12.2. The summed E-state index contributed by atoms with van der Waals surface area (Å²) in [6.07, 6.45) is -5.58. The first kappa shape index (κ1) is 19.0. The predicted molar refractivity (Wildman–Crippen MR) is 66.8 cm³/mol. The van der Waals surface area contributed by atoms with Crippen LogP contribution in [0.2, 0.25) is 0 Å². The number of hydrogen-bond acceptors (Lipinski definition) is 1. The second kappa shape index (κ2) is 7.67. The molecule has 0 aliphatic rings. The molecule has 0 aromatic rings. The molecule has 0 aliphatic carbocycles. The fourth-order valence-electron chi connectivity index (χ4n) is 1.62. The molecule has 116 valence electrons. The van der Waals surface area contributed by atoms with Gasteiger partial charge in [-0.1, -0.05) is 31.4 Å². The normalized spacial score (nSPS) is 18.2. The van der Waals surface area contributed by atoms with E-state index in [1.54, 1.807) is 6.92 Å². The van der Waals surface area contributed by atoms with Crippen LogP contribution in [0, 0.1) is 5.92 Å². The van der Waals surface area contributed by atoms with E-state index in [1.807, 2.05) is 13.8 Å². The van der Waals surface area contributed by atoms with E-state index < -0.39 is 29.7 Å². The standard InChI is InChI=1S/C12H21F5OS/c1-4-9(2)8-10(3)19(18)7-5-6-11(13,14)12(15,16)17/h9-10H,4-8H2,1-3H3. The summed E-state index contributed by atoms with van der Waals surface area (Å²) in [4.78, 5) is 0. The molecule has 0 rings (SSSR count). The molecule has 0 aliphatic heterocycles. The molecule has 3 unspecified atom stereocenters. The Kier molecular flexibility index (Phi) is 7.65. The van der Waals surface area contributed by atoms with Gasteiger partial charge in [0.15, 0.2) is 0 Å². The van der Waals surface area contributed by atoms with Gasteiger partial charge in [0, 0.05) is 6.42 Å². The van der Waals surface area contributed by atoms with Crippen LogP contribution in [0.5, 0.6) is 0 Å². The van der Waals surface area contributed by atoms with Gasteiger partial charge in [-0.2, -0.15) is 22.0 Å². The van der Waals surface area contributed by atoms with Crippen molar-refractivity contribution in [1.29, 1.82) is 0 Å². The maximum atomic E-state index is 12.6. The molecule has 0 amide bonds. The van der Waals surface area contributed by atoms with Crippen molar-refractivity contribution in [2.24, 2.45) is 5.92 Å². The SMILES string of the molecule is CCC(C)CC(C)[S+]([O-])CCCC(F)(F)C(F)(F)F. The van der Waals surface area contributed by atoms with Gasteiger partial charge in [-0.15, -0.1) is 0 Å². The Morgan fingerprint density at radius 3 is 2.05 bits per heavy atom. The van der Waals surface area contributed by atoms with Crippen molar-refractivity contribution in [2.45, 2.75) is 63.8 Å². The maximum Gasteiger partial charge on any atom is 0.453 e. The van der Waals surface area contributed by atoms with Crippen molar-refractivity contribution < 1.29 is 26.5 Å². The summed E-state index contributed by atoms with van der Waals surface area (Å²) in [5.41, 5.74) is 0. The van der Waals surface area contributed by atoms with Gasteiger partial charge in [0.05, 0.1) is 0 Å². The van der Waals surface area contributed by atoms with Crippen LogP contribution in [0.4, 0.5) is 22.0 Å². The van der Waals surface area contributed by atoms with Crippen LogP contribution >= 0.6 is 0 Å². The lowest BCUT2D eigenvalue weighted by Gasteiger charge is -2.22. The molecule has 0 aromatic carbocycles. The molecule has 0 fully saturated rings. The van der Waals surface area contributed by atoms with Gasteiger partial charge >= 0.3 is 12.1 Å². The molecule has 0 spiro atoms. The van der Waals surface area contributed by atoms with Crippen molar-refractivity contribution in [1.82, 2.24) is 0 Å². The van der Waals surface area contributed by atoms with E-state index in [9.17, 15) is 26.5 Å². The molecule has 0 bridgehead atoms. The highest BCUT2D eigenvalue weighted by atomic mass is 32.2. The van der Waals surface area contributed by atoms with E-state index in [2.05, 4.69) is 0 Å². The molecule has 7 heteroatoms. The summed E-state index contributed by atoms with van der Waals surface area (Å²) in [6.45, 7) is 5.72. The van der Waals surface area contributed by atoms with Gasteiger partial charge in [0.25, 0.3) is 0 Å². The monoisotopic (exact) mass is 308 g/mol. The van der Waals surface area contributed by atoms with Gasteiger partial charge in [0.2, 0.25) is 0 Å². The third-order valence-electron chi connectivity index (χ3n) is 3.13. The van der Waals surface area contributed by atoms with E-state index in [1.165, 1.54) is 0 Å². The zero-order chi connectivity index (χ0) is 15.3. The topological polar surface area (TPSA) is 23.1 Å². The number of halogens is 5. The average Bonchev–Trinajstić information content (AvgIpc) is 2.26. The third-order valence-corrected chi connectivity index (χ3v) is 4.91. The quantitative estimate of drug-likeness (QED) is 0.477. The van der Waals surface area contributed by atoms with E-state index in [-0.39, 0.29) is 17.4 Å². The fraction of sp³-hybridized carbons (Fsp3) is 1.00. The summed E-state index contributed by atoms with van der Waals surface area (Å²) >= 11 is -1.35. The molecule has 0 saturated carbocycles. The average molecular weight is 308 g/mol. The Bertz CT molecular complexity index is 257. The van der Waals surface area contributed by atoms with Crippen molar-refractivity contribution in [3.8, 4) is 0 Å². The lowest BCUT2D eigenvalue weighted by molar-refractivity contribution is -0.284. The Hall–Kier alpha value is -0.0400. The minimum atomic E-state index is -5.52. The van der Waals surface area contributed by atoms with E-state index in [0.717, 1.165) is 6.42 Å². The largest absolute Gasteiger partial charge is 0.616 e. The molecular weight excluding hydrogens is 287 g/mol. The number of hydrogen-bond donors (Lipinski definition) is 0.